The van der Waals surface area contributed by atoms with Crippen LogP contribution in [0.4, 0.5) is 0 Å². The fourth-order valence-electron chi connectivity index (χ4n) is 2.31. The summed E-state index contributed by atoms with van der Waals surface area (Å²) in [6.07, 6.45) is 0. The number of carboxylic acid groups (broad SMARTS) is 1. The van der Waals surface area contributed by atoms with E-state index < -0.39 is 5.97 Å². The third kappa shape index (κ3) is 2.01. The fourth-order valence-corrected chi connectivity index (χ4v) is 2.31. The zero-order valence-corrected chi connectivity index (χ0v) is 11.0. The summed E-state index contributed by atoms with van der Waals surface area (Å²) in [6, 6.07) is 5.73. The zero-order valence-electron chi connectivity index (χ0n) is 11.0. The number of rotatable bonds is 2. The highest BCUT2D eigenvalue weighted by Crippen LogP contribution is 2.22. The minimum absolute atomic E-state index is 0.0758. The Bertz CT molecular complexity index is 604. The maximum atomic E-state index is 10.9. The van der Waals surface area contributed by atoms with Crippen LogP contribution in [0.1, 0.15) is 32.9 Å². The molecule has 0 amide bonds. The van der Waals surface area contributed by atoms with Gasteiger partial charge in [0.05, 0.1) is 5.69 Å². The average Bonchev–Trinajstić information content (AvgIpc) is 2.59. The molecule has 2 rings (SSSR count). The van der Waals surface area contributed by atoms with Gasteiger partial charge in [-0.3, -0.25) is 0 Å². The quantitative estimate of drug-likeness (QED) is 0.883. The van der Waals surface area contributed by atoms with Crippen LogP contribution in [-0.2, 0) is 0 Å². The fraction of sp³-hybridized carbons (Fsp3) is 0.286. The van der Waals surface area contributed by atoms with Gasteiger partial charge in [-0.25, -0.2) is 9.48 Å². The van der Waals surface area contributed by atoms with E-state index in [4.69, 9.17) is 5.11 Å². The molecule has 0 saturated heterocycles. The second-order valence-electron chi connectivity index (χ2n) is 4.64. The van der Waals surface area contributed by atoms with Crippen molar-refractivity contribution in [2.75, 3.05) is 0 Å². The van der Waals surface area contributed by atoms with Gasteiger partial charge in [0.15, 0.2) is 5.69 Å². The summed E-state index contributed by atoms with van der Waals surface area (Å²) in [5.74, 6) is -1.00. The van der Waals surface area contributed by atoms with E-state index in [1.807, 2.05) is 27.7 Å². The number of aryl methyl sites for hydroxylation is 4. The molecule has 18 heavy (non-hydrogen) atoms. The SMILES string of the molecule is Cc1cc(C)c(-n2nc(C(=O)O)cc2C)c(C)c1. The van der Waals surface area contributed by atoms with Crippen LogP contribution >= 0.6 is 0 Å². The van der Waals surface area contributed by atoms with Crippen molar-refractivity contribution in [1.82, 2.24) is 9.78 Å². The van der Waals surface area contributed by atoms with Crippen LogP contribution in [0.2, 0.25) is 0 Å². The normalized spacial score (nSPS) is 10.7. The molecule has 94 valence electrons. The molecule has 2 aromatic rings. The first kappa shape index (κ1) is 12.4. The molecule has 0 aliphatic carbocycles. The smallest absolute Gasteiger partial charge is 0.356 e. The van der Waals surface area contributed by atoms with E-state index in [0.29, 0.717) is 0 Å². The Morgan fingerprint density at radius 3 is 2.11 bits per heavy atom. The molecule has 0 bridgehead atoms. The van der Waals surface area contributed by atoms with Crippen molar-refractivity contribution in [2.45, 2.75) is 27.7 Å². The van der Waals surface area contributed by atoms with Crippen LogP contribution in [0.15, 0.2) is 18.2 Å². The highest BCUT2D eigenvalue weighted by molar-refractivity contribution is 5.85. The number of aromatic nitrogens is 2. The second-order valence-corrected chi connectivity index (χ2v) is 4.64. The van der Waals surface area contributed by atoms with Crippen molar-refractivity contribution in [2.24, 2.45) is 0 Å². The molecule has 4 nitrogen and oxygen atoms in total. The largest absolute Gasteiger partial charge is 0.476 e. The minimum atomic E-state index is -1.00. The monoisotopic (exact) mass is 244 g/mol. The van der Waals surface area contributed by atoms with E-state index in [1.165, 1.54) is 5.56 Å². The molecule has 0 atom stereocenters. The lowest BCUT2D eigenvalue weighted by Gasteiger charge is -2.12. The topological polar surface area (TPSA) is 55.1 Å². The Labute approximate surface area is 106 Å². The molecule has 0 aliphatic heterocycles. The Kier molecular flexibility index (Phi) is 2.95. The molecule has 0 unspecified atom stereocenters. The highest BCUT2D eigenvalue weighted by atomic mass is 16.4. The molecule has 0 radical (unpaired) electrons. The number of nitrogens with zero attached hydrogens (tertiary/aromatic N) is 2. The van der Waals surface area contributed by atoms with Crippen LogP contribution in [-0.4, -0.2) is 20.9 Å². The summed E-state index contributed by atoms with van der Waals surface area (Å²) in [6.45, 7) is 7.92. The first-order chi connectivity index (χ1) is 8.40. The highest BCUT2D eigenvalue weighted by Gasteiger charge is 2.14. The van der Waals surface area contributed by atoms with Crippen LogP contribution in [0.5, 0.6) is 0 Å². The summed E-state index contributed by atoms with van der Waals surface area (Å²) in [4.78, 5) is 10.9. The molecular weight excluding hydrogens is 228 g/mol. The predicted octanol–water partition coefficient (Wildman–Crippen LogP) is 2.80. The first-order valence-electron chi connectivity index (χ1n) is 5.78. The van der Waals surface area contributed by atoms with Gasteiger partial charge in [-0.05, 0) is 44.9 Å². The van der Waals surface area contributed by atoms with Gasteiger partial charge in [0, 0.05) is 5.69 Å². The van der Waals surface area contributed by atoms with E-state index in [1.54, 1.807) is 10.7 Å². The molecule has 0 spiro atoms. The van der Waals surface area contributed by atoms with Gasteiger partial charge in [0.2, 0.25) is 0 Å². The molecule has 1 aromatic carbocycles. The van der Waals surface area contributed by atoms with Gasteiger partial charge in [0.1, 0.15) is 0 Å². The number of carboxylic acids is 1. The zero-order chi connectivity index (χ0) is 13.4. The lowest BCUT2D eigenvalue weighted by atomic mass is 10.1. The third-order valence-electron chi connectivity index (χ3n) is 2.95. The maximum Gasteiger partial charge on any atom is 0.356 e. The summed E-state index contributed by atoms with van der Waals surface area (Å²) < 4.78 is 1.70. The Morgan fingerprint density at radius 2 is 1.67 bits per heavy atom. The van der Waals surface area contributed by atoms with Crippen molar-refractivity contribution in [3.8, 4) is 5.69 Å². The molecular formula is C14H16N2O2. The van der Waals surface area contributed by atoms with Gasteiger partial charge in [-0.1, -0.05) is 17.7 Å². The minimum Gasteiger partial charge on any atom is -0.476 e. The predicted molar refractivity (Wildman–Crippen MR) is 69.5 cm³/mol. The van der Waals surface area contributed by atoms with E-state index >= 15 is 0 Å². The molecule has 0 aliphatic rings. The number of hydrogen-bond donors (Lipinski definition) is 1. The van der Waals surface area contributed by atoms with E-state index in [-0.39, 0.29) is 5.69 Å². The molecule has 1 aromatic heterocycles. The maximum absolute atomic E-state index is 10.9. The first-order valence-corrected chi connectivity index (χ1v) is 5.78. The van der Waals surface area contributed by atoms with Crippen molar-refractivity contribution in [3.63, 3.8) is 0 Å². The van der Waals surface area contributed by atoms with Crippen molar-refractivity contribution < 1.29 is 9.90 Å². The lowest BCUT2D eigenvalue weighted by Crippen LogP contribution is -2.06. The average molecular weight is 244 g/mol. The van der Waals surface area contributed by atoms with Crippen molar-refractivity contribution in [1.29, 1.82) is 0 Å². The second kappa shape index (κ2) is 4.29. The van der Waals surface area contributed by atoms with Crippen LogP contribution in [0.3, 0.4) is 0 Å². The number of hydrogen-bond acceptors (Lipinski definition) is 2. The molecule has 1 N–H and O–H groups in total. The van der Waals surface area contributed by atoms with Crippen molar-refractivity contribution >= 4 is 5.97 Å². The Balaban J connectivity index is 2.66. The van der Waals surface area contributed by atoms with Gasteiger partial charge >= 0.3 is 5.97 Å². The Hall–Kier alpha value is -2.10. The number of carbonyl (C=O) groups is 1. The van der Waals surface area contributed by atoms with Gasteiger partial charge in [-0.2, -0.15) is 5.10 Å². The summed E-state index contributed by atoms with van der Waals surface area (Å²) in [5, 5.41) is 13.1. The molecule has 0 fully saturated rings. The summed E-state index contributed by atoms with van der Waals surface area (Å²) in [7, 11) is 0. The van der Waals surface area contributed by atoms with E-state index in [2.05, 4.69) is 17.2 Å². The molecule has 1 heterocycles. The van der Waals surface area contributed by atoms with Gasteiger partial charge in [0.25, 0.3) is 0 Å². The number of aromatic carboxylic acids is 1. The van der Waals surface area contributed by atoms with E-state index in [0.717, 1.165) is 22.5 Å². The van der Waals surface area contributed by atoms with Crippen molar-refractivity contribution in [3.05, 3.63) is 46.3 Å². The van der Waals surface area contributed by atoms with Crippen LogP contribution in [0.25, 0.3) is 5.69 Å². The summed E-state index contributed by atoms with van der Waals surface area (Å²) >= 11 is 0. The van der Waals surface area contributed by atoms with Crippen LogP contribution in [0, 0.1) is 27.7 Å². The third-order valence-corrected chi connectivity index (χ3v) is 2.95. The van der Waals surface area contributed by atoms with Gasteiger partial charge in [-0.15, -0.1) is 0 Å². The molecule has 4 heteroatoms. The summed E-state index contributed by atoms with van der Waals surface area (Å²) in [5.41, 5.74) is 5.24. The van der Waals surface area contributed by atoms with E-state index in [9.17, 15) is 4.79 Å². The van der Waals surface area contributed by atoms with Crippen LogP contribution < -0.4 is 0 Å². The lowest BCUT2D eigenvalue weighted by molar-refractivity contribution is 0.0690. The Morgan fingerprint density at radius 1 is 1.11 bits per heavy atom. The molecule has 0 saturated carbocycles. The number of benzene rings is 1. The standard InChI is InChI=1S/C14H16N2O2/c1-8-5-9(2)13(10(3)6-8)16-11(4)7-12(15-16)14(17)18/h5-7H,1-4H3,(H,17,18). The van der Waals surface area contributed by atoms with Gasteiger partial charge < -0.3 is 5.11 Å².